The maximum absolute atomic E-state index is 12.8. The molecule has 2 nitrogen and oxygen atoms in total. The van der Waals surface area contributed by atoms with Crippen molar-refractivity contribution in [3.8, 4) is 0 Å². The molecular weight excluding hydrogens is 351 g/mol. The van der Waals surface area contributed by atoms with Gasteiger partial charge in [0.15, 0.2) is 0 Å². The minimum atomic E-state index is -4.54. The Labute approximate surface area is 149 Å². The zero-order valence-corrected chi connectivity index (χ0v) is 14.4. The molecule has 0 spiro atoms. The lowest BCUT2D eigenvalue weighted by Gasteiger charge is -2.09. The second-order valence-electron chi connectivity index (χ2n) is 5.84. The molecule has 0 atom stereocenters. The maximum Gasteiger partial charge on any atom is 0.417 e. The highest BCUT2D eigenvalue weighted by Gasteiger charge is 2.33. The number of carbonyl (C=O) groups excluding carboxylic acids is 1. The minimum Gasteiger partial charge on any atom is -0.323 e. The molecule has 0 fully saturated rings. The third-order valence-electron chi connectivity index (χ3n) is 3.57. The predicted octanol–water partition coefficient (Wildman–Crippen LogP) is 6.13. The Balaban J connectivity index is 2.07. The molecule has 25 heavy (non-hydrogen) atoms. The number of anilines is 1. The molecule has 0 saturated heterocycles. The van der Waals surface area contributed by atoms with E-state index in [0.717, 1.165) is 17.7 Å². The van der Waals surface area contributed by atoms with Gasteiger partial charge in [0.25, 0.3) is 0 Å². The summed E-state index contributed by atoms with van der Waals surface area (Å²) in [6, 6.07) is 10.9. The van der Waals surface area contributed by atoms with E-state index in [4.69, 9.17) is 11.6 Å². The van der Waals surface area contributed by atoms with Gasteiger partial charge in [-0.15, -0.1) is 0 Å². The quantitative estimate of drug-likeness (QED) is 0.646. The molecule has 0 aliphatic carbocycles. The second kappa shape index (κ2) is 7.74. The lowest BCUT2D eigenvalue weighted by molar-refractivity contribution is -0.137. The van der Waals surface area contributed by atoms with Gasteiger partial charge in [-0.05, 0) is 47.4 Å². The predicted molar refractivity (Wildman–Crippen MR) is 94.6 cm³/mol. The van der Waals surface area contributed by atoms with Gasteiger partial charge in [-0.1, -0.05) is 43.6 Å². The first-order valence-corrected chi connectivity index (χ1v) is 8.00. The Morgan fingerprint density at radius 2 is 1.76 bits per heavy atom. The van der Waals surface area contributed by atoms with Gasteiger partial charge in [0.1, 0.15) is 0 Å². The molecule has 2 rings (SSSR count). The molecule has 0 heterocycles. The van der Waals surface area contributed by atoms with E-state index in [9.17, 15) is 18.0 Å². The molecule has 0 bridgehead atoms. The molecule has 0 radical (unpaired) electrons. The molecule has 2 aromatic carbocycles. The summed E-state index contributed by atoms with van der Waals surface area (Å²) in [5.41, 5.74) is 1.07. The summed E-state index contributed by atoms with van der Waals surface area (Å²) in [6.45, 7) is 4.13. The maximum atomic E-state index is 12.8. The Kier molecular flexibility index (Phi) is 5.90. The van der Waals surface area contributed by atoms with Crippen molar-refractivity contribution in [2.24, 2.45) is 0 Å². The lowest BCUT2D eigenvalue weighted by Crippen LogP contribution is -2.08. The van der Waals surface area contributed by atoms with Crippen molar-refractivity contribution >= 4 is 29.3 Å². The van der Waals surface area contributed by atoms with Gasteiger partial charge in [0.2, 0.25) is 5.91 Å². The van der Waals surface area contributed by atoms with Crippen LogP contribution in [-0.2, 0) is 11.0 Å². The Morgan fingerprint density at radius 1 is 1.12 bits per heavy atom. The van der Waals surface area contributed by atoms with Crippen LogP contribution in [-0.4, -0.2) is 5.91 Å². The third kappa shape index (κ3) is 5.36. The topological polar surface area (TPSA) is 29.1 Å². The zero-order chi connectivity index (χ0) is 18.6. The summed E-state index contributed by atoms with van der Waals surface area (Å²) in [7, 11) is 0. The molecule has 0 aliphatic heterocycles. The highest BCUT2D eigenvalue weighted by atomic mass is 35.5. The molecule has 132 valence electrons. The highest BCUT2D eigenvalue weighted by molar-refractivity contribution is 6.31. The van der Waals surface area contributed by atoms with E-state index in [0.29, 0.717) is 11.6 Å². The van der Waals surface area contributed by atoms with Gasteiger partial charge < -0.3 is 5.32 Å². The van der Waals surface area contributed by atoms with Crippen LogP contribution >= 0.6 is 11.6 Å². The molecule has 0 unspecified atom stereocenters. The van der Waals surface area contributed by atoms with Crippen LogP contribution in [0.4, 0.5) is 18.9 Å². The summed E-state index contributed by atoms with van der Waals surface area (Å²) < 4.78 is 38.4. The van der Waals surface area contributed by atoms with Gasteiger partial charge in [0, 0.05) is 11.8 Å². The molecule has 2 aromatic rings. The normalized spacial score (nSPS) is 12.0. The summed E-state index contributed by atoms with van der Waals surface area (Å²) in [5, 5.41) is 2.28. The highest BCUT2D eigenvalue weighted by Crippen LogP contribution is 2.35. The third-order valence-corrected chi connectivity index (χ3v) is 3.90. The van der Waals surface area contributed by atoms with Gasteiger partial charge >= 0.3 is 6.18 Å². The smallest absolute Gasteiger partial charge is 0.323 e. The van der Waals surface area contributed by atoms with Crippen LogP contribution in [0.5, 0.6) is 0 Å². The van der Waals surface area contributed by atoms with Crippen LogP contribution in [0.2, 0.25) is 5.02 Å². The number of hydrogen-bond acceptors (Lipinski definition) is 1. The van der Waals surface area contributed by atoms with Crippen molar-refractivity contribution in [2.45, 2.75) is 25.9 Å². The summed E-state index contributed by atoms with van der Waals surface area (Å²) in [5.74, 6) is -0.0433. The first kappa shape index (κ1) is 19.1. The molecular formula is C19H17ClF3NO. The van der Waals surface area contributed by atoms with E-state index in [1.165, 1.54) is 18.2 Å². The number of rotatable bonds is 4. The number of carbonyl (C=O) groups is 1. The number of amides is 1. The SMILES string of the molecule is CC(C)c1ccc(NC(=O)/C=C/c2ccc(Cl)c(C(F)(F)F)c2)cc1. The minimum absolute atomic E-state index is 0.238. The van der Waals surface area contributed by atoms with E-state index >= 15 is 0 Å². The van der Waals surface area contributed by atoms with E-state index in [1.54, 1.807) is 12.1 Å². The first-order chi connectivity index (χ1) is 11.7. The number of benzene rings is 2. The summed E-state index contributed by atoms with van der Waals surface area (Å²) in [6.07, 6.45) is -2.05. The number of nitrogens with one attached hydrogen (secondary N) is 1. The Hall–Kier alpha value is -2.27. The van der Waals surface area contributed by atoms with Gasteiger partial charge in [-0.25, -0.2) is 0 Å². The monoisotopic (exact) mass is 367 g/mol. The van der Waals surface area contributed by atoms with Crippen LogP contribution in [0.1, 0.15) is 36.5 Å². The fourth-order valence-corrected chi connectivity index (χ4v) is 2.40. The molecule has 0 aliphatic rings. The Bertz CT molecular complexity index is 780. The van der Waals surface area contributed by atoms with Crippen molar-refractivity contribution in [3.05, 3.63) is 70.3 Å². The van der Waals surface area contributed by atoms with E-state index < -0.39 is 17.6 Å². The molecule has 1 amide bonds. The lowest BCUT2D eigenvalue weighted by atomic mass is 10.0. The van der Waals surface area contributed by atoms with Crippen LogP contribution < -0.4 is 5.32 Å². The van der Waals surface area contributed by atoms with E-state index in [1.807, 2.05) is 12.1 Å². The zero-order valence-electron chi connectivity index (χ0n) is 13.7. The Morgan fingerprint density at radius 3 is 2.32 bits per heavy atom. The van der Waals surface area contributed by atoms with Crippen molar-refractivity contribution in [3.63, 3.8) is 0 Å². The fourth-order valence-electron chi connectivity index (χ4n) is 2.17. The van der Waals surface area contributed by atoms with E-state index in [2.05, 4.69) is 19.2 Å². The summed E-state index contributed by atoms with van der Waals surface area (Å²) >= 11 is 5.56. The largest absolute Gasteiger partial charge is 0.417 e. The first-order valence-electron chi connectivity index (χ1n) is 7.62. The second-order valence-corrected chi connectivity index (χ2v) is 6.24. The standard InChI is InChI=1S/C19H17ClF3NO/c1-12(2)14-5-7-15(8-6-14)24-18(25)10-4-13-3-9-17(20)16(11-13)19(21,22)23/h3-12H,1-2H3,(H,24,25)/b10-4+. The van der Waals surface area contributed by atoms with Crippen molar-refractivity contribution < 1.29 is 18.0 Å². The number of halogens is 4. The molecule has 0 aromatic heterocycles. The summed E-state index contributed by atoms with van der Waals surface area (Å²) in [4.78, 5) is 11.9. The van der Waals surface area contributed by atoms with Crippen LogP contribution in [0.25, 0.3) is 6.08 Å². The van der Waals surface area contributed by atoms with Crippen LogP contribution in [0.15, 0.2) is 48.5 Å². The van der Waals surface area contributed by atoms with Crippen LogP contribution in [0.3, 0.4) is 0 Å². The molecule has 0 saturated carbocycles. The van der Waals surface area contributed by atoms with E-state index in [-0.39, 0.29) is 10.6 Å². The fraction of sp³-hybridized carbons (Fsp3) is 0.211. The van der Waals surface area contributed by atoms with Gasteiger partial charge in [-0.3, -0.25) is 4.79 Å². The van der Waals surface area contributed by atoms with Gasteiger partial charge in [-0.2, -0.15) is 13.2 Å². The van der Waals surface area contributed by atoms with Crippen molar-refractivity contribution in [2.75, 3.05) is 5.32 Å². The molecule has 1 N–H and O–H groups in total. The van der Waals surface area contributed by atoms with Crippen LogP contribution in [0, 0.1) is 0 Å². The molecule has 6 heteroatoms. The van der Waals surface area contributed by atoms with Gasteiger partial charge in [0.05, 0.1) is 10.6 Å². The van der Waals surface area contributed by atoms with Crippen molar-refractivity contribution in [1.82, 2.24) is 0 Å². The number of alkyl halides is 3. The average Bonchev–Trinajstić information content (AvgIpc) is 2.53. The average molecular weight is 368 g/mol. The number of hydrogen-bond donors (Lipinski definition) is 1. The van der Waals surface area contributed by atoms with Crippen molar-refractivity contribution in [1.29, 1.82) is 0 Å².